The smallest absolute Gasteiger partial charge is 0.257 e. The van der Waals surface area contributed by atoms with Crippen LogP contribution >= 0.6 is 43.2 Å². The lowest BCUT2D eigenvalue weighted by Gasteiger charge is -2.08. The predicted molar refractivity (Wildman–Crippen MR) is 92.8 cm³/mol. The number of carbonyl (C=O) groups is 1. The fourth-order valence-electron chi connectivity index (χ4n) is 1.71. The zero-order valence-electron chi connectivity index (χ0n) is 11.0. The van der Waals surface area contributed by atoms with E-state index in [1.807, 2.05) is 25.1 Å². The van der Waals surface area contributed by atoms with Crippen molar-refractivity contribution in [3.63, 3.8) is 0 Å². The van der Waals surface area contributed by atoms with E-state index in [0.29, 0.717) is 5.56 Å². The number of aliphatic hydroxyl groups excluding tert-OH is 1. The quantitative estimate of drug-likeness (QED) is 0.705. The van der Waals surface area contributed by atoms with E-state index in [-0.39, 0.29) is 12.5 Å². The Bertz CT molecular complexity index is 744. The molecule has 0 saturated heterocycles. The van der Waals surface area contributed by atoms with Gasteiger partial charge in [-0.25, -0.2) is 0 Å². The van der Waals surface area contributed by atoms with Gasteiger partial charge in [0.05, 0.1) is 13.1 Å². The van der Waals surface area contributed by atoms with Crippen LogP contribution in [-0.4, -0.2) is 17.6 Å². The van der Waals surface area contributed by atoms with Crippen LogP contribution in [0, 0.1) is 18.8 Å². The highest BCUT2D eigenvalue weighted by atomic mass is 79.9. The summed E-state index contributed by atoms with van der Waals surface area (Å²) in [4.78, 5) is 12.2. The number of rotatable bonds is 2. The predicted octanol–water partition coefficient (Wildman–Crippen LogP) is 4.18. The minimum absolute atomic E-state index is 0.166. The topological polar surface area (TPSA) is 49.3 Å². The second kappa shape index (κ2) is 7.23. The normalized spacial score (nSPS) is 9.90. The van der Waals surface area contributed by atoms with Gasteiger partial charge in [0.15, 0.2) is 0 Å². The number of aryl methyl sites for hydroxylation is 1. The van der Waals surface area contributed by atoms with Crippen LogP contribution in [0.25, 0.3) is 0 Å². The summed E-state index contributed by atoms with van der Waals surface area (Å²) >= 11 is 8.19. The van der Waals surface area contributed by atoms with E-state index in [9.17, 15) is 4.79 Å². The number of amides is 1. The summed E-state index contributed by atoms with van der Waals surface area (Å²) in [5.74, 6) is 5.27. The van der Waals surface area contributed by atoms with Crippen molar-refractivity contribution in [1.82, 2.24) is 0 Å². The van der Waals surface area contributed by atoms with Crippen LogP contribution in [0.2, 0.25) is 0 Å². The number of benzene rings is 1. The zero-order chi connectivity index (χ0) is 15.4. The Hall–Kier alpha value is -1.13. The molecule has 0 fully saturated rings. The third kappa shape index (κ3) is 4.17. The van der Waals surface area contributed by atoms with Crippen LogP contribution in [0.5, 0.6) is 0 Å². The zero-order valence-corrected chi connectivity index (χ0v) is 15.0. The van der Waals surface area contributed by atoms with Gasteiger partial charge in [0.2, 0.25) is 0 Å². The van der Waals surface area contributed by atoms with E-state index in [4.69, 9.17) is 5.11 Å². The SMILES string of the molecule is Cc1cc(C#CCO)ccc1NC(=O)c1cc(Br)sc1Br. The Morgan fingerprint density at radius 2 is 2.14 bits per heavy atom. The van der Waals surface area contributed by atoms with Gasteiger partial charge in [-0.2, -0.15) is 0 Å². The van der Waals surface area contributed by atoms with Crippen LogP contribution in [0.3, 0.4) is 0 Å². The van der Waals surface area contributed by atoms with Crippen molar-refractivity contribution in [2.45, 2.75) is 6.92 Å². The lowest BCUT2D eigenvalue weighted by molar-refractivity contribution is 0.102. The minimum atomic E-state index is -0.168. The molecular weight excluding hydrogens is 418 g/mol. The second-order valence-corrected chi connectivity index (χ2v) is 7.93. The van der Waals surface area contributed by atoms with Crippen LogP contribution in [-0.2, 0) is 0 Å². The summed E-state index contributed by atoms with van der Waals surface area (Å²) in [6.45, 7) is 1.73. The van der Waals surface area contributed by atoms with Gasteiger partial charge >= 0.3 is 0 Å². The van der Waals surface area contributed by atoms with Gasteiger partial charge in [-0.3, -0.25) is 4.79 Å². The molecule has 6 heteroatoms. The van der Waals surface area contributed by atoms with Gasteiger partial charge in [0.25, 0.3) is 5.91 Å². The van der Waals surface area contributed by atoms with Crippen molar-refractivity contribution in [2.75, 3.05) is 11.9 Å². The summed E-state index contributed by atoms with van der Waals surface area (Å²) in [7, 11) is 0. The number of nitrogens with one attached hydrogen (secondary N) is 1. The molecule has 0 aliphatic carbocycles. The second-order valence-electron chi connectivity index (χ2n) is 4.18. The molecule has 2 aromatic rings. The van der Waals surface area contributed by atoms with E-state index in [1.54, 1.807) is 6.07 Å². The molecule has 1 aromatic heterocycles. The molecular formula is C15H11Br2NO2S. The van der Waals surface area contributed by atoms with Crippen molar-refractivity contribution in [3.05, 3.63) is 48.5 Å². The molecule has 0 aliphatic rings. The molecule has 0 unspecified atom stereocenters. The van der Waals surface area contributed by atoms with Crippen LogP contribution < -0.4 is 5.32 Å². The van der Waals surface area contributed by atoms with Gasteiger partial charge in [-0.15, -0.1) is 11.3 Å². The molecule has 21 heavy (non-hydrogen) atoms. The first kappa shape index (κ1) is 16.2. The van der Waals surface area contributed by atoms with Gasteiger partial charge < -0.3 is 10.4 Å². The number of anilines is 1. The summed E-state index contributed by atoms with van der Waals surface area (Å²) in [6, 6.07) is 7.27. The molecule has 2 rings (SSSR count). The Kier molecular flexibility index (Phi) is 5.59. The first-order valence-corrected chi connectivity index (χ1v) is 8.38. The molecule has 0 spiro atoms. The van der Waals surface area contributed by atoms with E-state index >= 15 is 0 Å². The van der Waals surface area contributed by atoms with Gasteiger partial charge in [-0.1, -0.05) is 11.8 Å². The van der Waals surface area contributed by atoms with Crippen molar-refractivity contribution in [1.29, 1.82) is 0 Å². The summed E-state index contributed by atoms with van der Waals surface area (Å²) in [5, 5.41) is 11.6. The molecule has 1 amide bonds. The van der Waals surface area contributed by atoms with Crippen LogP contribution in [0.1, 0.15) is 21.5 Å². The fourth-order valence-corrected chi connectivity index (χ4v) is 4.50. The molecule has 108 valence electrons. The maximum absolute atomic E-state index is 12.2. The van der Waals surface area contributed by atoms with E-state index < -0.39 is 0 Å². The van der Waals surface area contributed by atoms with E-state index in [1.165, 1.54) is 11.3 Å². The number of carbonyl (C=O) groups excluding carboxylic acids is 1. The number of aliphatic hydroxyl groups is 1. The van der Waals surface area contributed by atoms with Gasteiger partial charge in [0.1, 0.15) is 6.61 Å². The molecule has 0 bridgehead atoms. The number of hydrogen-bond donors (Lipinski definition) is 2. The standard InChI is InChI=1S/C15H11Br2NO2S/c1-9-7-10(3-2-6-19)4-5-12(9)18-15(20)11-8-13(16)21-14(11)17/h4-5,7-8,19H,6H2,1H3,(H,18,20). The average molecular weight is 429 g/mol. The van der Waals surface area contributed by atoms with Crippen molar-refractivity contribution in [3.8, 4) is 11.8 Å². The molecule has 0 saturated carbocycles. The third-order valence-electron chi connectivity index (χ3n) is 2.69. The van der Waals surface area contributed by atoms with Crippen molar-refractivity contribution >= 4 is 54.8 Å². The monoisotopic (exact) mass is 427 g/mol. The lowest BCUT2D eigenvalue weighted by Crippen LogP contribution is -2.12. The largest absolute Gasteiger partial charge is 0.384 e. The Labute approximate surface area is 143 Å². The number of thiophene rings is 1. The Morgan fingerprint density at radius 1 is 1.38 bits per heavy atom. The first-order valence-electron chi connectivity index (χ1n) is 5.98. The third-order valence-corrected chi connectivity index (χ3v) is 5.03. The molecule has 0 radical (unpaired) electrons. The van der Waals surface area contributed by atoms with Gasteiger partial charge in [-0.05, 0) is 68.6 Å². The lowest BCUT2D eigenvalue weighted by atomic mass is 10.1. The van der Waals surface area contributed by atoms with Crippen molar-refractivity contribution < 1.29 is 9.90 Å². The van der Waals surface area contributed by atoms with E-state index in [0.717, 1.165) is 24.4 Å². The minimum Gasteiger partial charge on any atom is -0.384 e. The fraction of sp³-hybridized carbons (Fsp3) is 0.133. The average Bonchev–Trinajstić information content (AvgIpc) is 2.78. The summed E-state index contributed by atoms with van der Waals surface area (Å²) in [5.41, 5.74) is 3.05. The highest BCUT2D eigenvalue weighted by Crippen LogP contribution is 2.32. The summed E-state index contributed by atoms with van der Waals surface area (Å²) < 4.78 is 1.68. The number of hydrogen-bond acceptors (Lipinski definition) is 3. The van der Waals surface area contributed by atoms with Crippen LogP contribution in [0.15, 0.2) is 31.8 Å². The molecule has 1 aromatic carbocycles. The Morgan fingerprint density at radius 3 is 2.71 bits per heavy atom. The van der Waals surface area contributed by atoms with E-state index in [2.05, 4.69) is 49.0 Å². The molecule has 0 atom stereocenters. The highest BCUT2D eigenvalue weighted by molar-refractivity contribution is 9.12. The molecule has 0 aliphatic heterocycles. The van der Waals surface area contributed by atoms with Crippen molar-refractivity contribution in [2.24, 2.45) is 0 Å². The molecule has 3 nitrogen and oxygen atoms in total. The van der Waals surface area contributed by atoms with Crippen LogP contribution in [0.4, 0.5) is 5.69 Å². The van der Waals surface area contributed by atoms with Gasteiger partial charge in [0, 0.05) is 11.3 Å². The molecule has 2 N–H and O–H groups in total. The first-order chi connectivity index (χ1) is 10.0. The highest BCUT2D eigenvalue weighted by Gasteiger charge is 2.14. The maximum atomic E-state index is 12.2. The summed E-state index contributed by atoms with van der Waals surface area (Å²) in [6.07, 6.45) is 0. The Balaban J connectivity index is 2.20. The molecule has 1 heterocycles. The number of halogens is 2. The maximum Gasteiger partial charge on any atom is 0.257 e.